The van der Waals surface area contributed by atoms with Crippen LogP contribution in [0.1, 0.15) is 32.8 Å². The number of hydrogen-bond acceptors (Lipinski definition) is 4. The number of nitrogens with zero attached hydrogens (tertiary/aromatic N) is 1. The summed E-state index contributed by atoms with van der Waals surface area (Å²) in [6.45, 7) is 6.36. The van der Waals surface area contributed by atoms with Gasteiger partial charge >= 0.3 is 5.97 Å². The van der Waals surface area contributed by atoms with E-state index >= 15 is 0 Å². The van der Waals surface area contributed by atoms with Gasteiger partial charge in [-0.05, 0) is 19.9 Å². The summed E-state index contributed by atoms with van der Waals surface area (Å²) in [7, 11) is 1.32. The Labute approximate surface area is 147 Å². The van der Waals surface area contributed by atoms with Gasteiger partial charge < -0.3 is 19.4 Å². The topological polar surface area (TPSA) is 69.6 Å². The summed E-state index contributed by atoms with van der Waals surface area (Å²) in [6.07, 6.45) is 1.23. The third-order valence-corrected chi connectivity index (χ3v) is 4.61. The van der Waals surface area contributed by atoms with Crippen molar-refractivity contribution >= 4 is 22.8 Å². The monoisotopic (exact) mass is 344 g/mol. The lowest BCUT2D eigenvalue weighted by Crippen LogP contribution is -2.42. The molecule has 0 fully saturated rings. The highest BCUT2D eigenvalue weighted by atomic mass is 16.5. The number of nitrogens with one attached hydrogen (secondary N) is 1. The molecule has 1 amide bonds. The van der Waals surface area contributed by atoms with Crippen molar-refractivity contribution in [1.29, 1.82) is 0 Å². The van der Waals surface area contributed by atoms with E-state index in [1.165, 1.54) is 14.0 Å². The maximum absolute atomic E-state index is 12.1. The van der Waals surface area contributed by atoms with Crippen LogP contribution < -0.4 is 10.1 Å². The summed E-state index contributed by atoms with van der Waals surface area (Å²) >= 11 is 0. The number of carbonyl (C=O) groups excluding carboxylic acids is 2. The van der Waals surface area contributed by atoms with Crippen molar-refractivity contribution in [2.24, 2.45) is 0 Å². The Morgan fingerprint density at radius 1 is 1.36 bits per heavy atom. The number of ether oxygens (including phenoxy) is 2. The number of benzene rings is 1. The van der Waals surface area contributed by atoms with E-state index in [4.69, 9.17) is 9.47 Å². The molecule has 1 aliphatic rings. The first kappa shape index (κ1) is 17.3. The second-order valence-corrected chi connectivity index (χ2v) is 7.04. The van der Waals surface area contributed by atoms with Gasteiger partial charge in [-0.3, -0.25) is 4.79 Å². The van der Waals surface area contributed by atoms with Gasteiger partial charge in [0.25, 0.3) is 0 Å². The van der Waals surface area contributed by atoms with Crippen LogP contribution in [-0.2, 0) is 27.3 Å². The van der Waals surface area contributed by atoms with Crippen LogP contribution in [0, 0.1) is 0 Å². The molecule has 25 heavy (non-hydrogen) atoms. The number of aryl methyl sites for hydroxylation is 1. The van der Waals surface area contributed by atoms with Gasteiger partial charge in [-0.15, -0.1) is 0 Å². The zero-order valence-electron chi connectivity index (χ0n) is 15.1. The molecule has 1 N–H and O–H groups in total. The predicted octanol–water partition coefficient (Wildman–Crippen LogP) is 2.42. The van der Waals surface area contributed by atoms with Crippen molar-refractivity contribution < 1.29 is 19.1 Å². The van der Waals surface area contributed by atoms with Crippen LogP contribution in [0.4, 0.5) is 0 Å². The fourth-order valence-corrected chi connectivity index (χ4v) is 3.37. The first-order valence-corrected chi connectivity index (χ1v) is 8.46. The molecule has 2 aromatic rings. The molecule has 1 aliphatic heterocycles. The van der Waals surface area contributed by atoms with E-state index in [0.29, 0.717) is 6.42 Å². The number of esters is 1. The van der Waals surface area contributed by atoms with Gasteiger partial charge in [-0.1, -0.05) is 18.2 Å². The summed E-state index contributed by atoms with van der Waals surface area (Å²) in [5, 5.41) is 3.72. The van der Waals surface area contributed by atoms with E-state index in [0.717, 1.165) is 35.3 Å². The number of rotatable bonds is 4. The van der Waals surface area contributed by atoms with E-state index < -0.39 is 12.0 Å². The molecule has 0 unspecified atom stereocenters. The molecule has 134 valence electrons. The number of para-hydroxylation sites is 1. The predicted molar refractivity (Wildman–Crippen MR) is 94.6 cm³/mol. The maximum atomic E-state index is 12.1. The minimum Gasteiger partial charge on any atom is -0.473 e. The van der Waals surface area contributed by atoms with Crippen LogP contribution in [0.2, 0.25) is 0 Å². The Kier molecular flexibility index (Phi) is 4.45. The van der Waals surface area contributed by atoms with Crippen molar-refractivity contribution in [3.05, 3.63) is 29.8 Å². The van der Waals surface area contributed by atoms with Gasteiger partial charge in [0, 0.05) is 37.3 Å². The summed E-state index contributed by atoms with van der Waals surface area (Å²) < 4.78 is 13.3. The van der Waals surface area contributed by atoms with Crippen LogP contribution in [0.15, 0.2) is 24.3 Å². The minimum atomic E-state index is -0.744. The summed E-state index contributed by atoms with van der Waals surface area (Å²) in [5.41, 5.74) is 1.73. The van der Waals surface area contributed by atoms with Gasteiger partial charge in [-0.2, -0.15) is 0 Å². The molecule has 3 rings (SSSR count). The van der Waals surface area contributed by atoms with Crippen molar-refractivity contribution in [3.63, 3.8) is 0 Å². The molecule has 0 spiro atoms. The quantitative estimate of drug-likeness (QED) is 0.865. The summed E-state index contributed by atoms with van der Waals surface area (Å²) in [4.78, 5) is 23.6. The molecule has 6 heteroatoms. The summed E-state index contributed by atoms with van der Waals surface area (Å²) in [6, 6.07) is 7.29. The Morgan fingerprint density at radius 3 is 2.76 bits per heavy atom. The van der Waals surface area contributed by atoms with Crippen LogP contribution in [0.5, 0.6) is 5.88 Å². The maximum Gasteiger partial charge on any atom is 0.328 e. The van der Waals surface area contributed by atoms with Crippen LogP contribution in [-0.4, -0.2) is 35.2 Å². The zero-order valence-corrected chi connectivity index (χ0v) is 15.1. The van der Waals surface area contributed by atoms with E-state index in [9.17, 15) is 9.59 Å². The van der Waals surface area contributed by atoms with Crippen LogP contribution in [0.25, 0.3) is 10.9 Å². The van der Waals surface area contributed by atoms with Crippen LogP contribution in [0.3, 0.4) is 0 Å². The number of amides is 1. The van der Waals surface area contributed by atoms with E-state index in [1.54, 1.807) is 0 Å². The second-order valence-electron chi connectivity index (χ2n) is 7.04. The lowest BCUT2D eigenvalue weighted by molar-refractivity contribution is -0.144. The van der Waals surface area contributed by atoms with Crippen molar-refractivity contribution in [1.82, 2.24) is 9.88 Å². The molecule has 0 saturated heterocycles. The molecule has 1 aromatic heterocycles. The molecule has 0 aliphatic carbocycles. The molecular weight excluding hydrogens is 320 g/mol. The smallest absolute Gasteiger partial charge is 0.328 e. The molecule has 6 nitrogen and oxygen atoms in total. The molecule has 1 atom stereocenters. The van der Waals surface area contributed by atoms with Gasteiger partial charge in [0.1, 0.15) is 11.6 Å². The third-order valence-electron chi connectivity index (χ3n) is 4.61. The average molecular weight is 344 g/mol. The van der Waals surface area contributed by atoms with Gasteiger partial charge in [0.05, 0.1) is 12.6 Å². The SMILES string of the molecule is COC(=O)[C@H](Cc1c2n(c3ccccc13)CCC(C)(C)O2)NC(C)=O. The highest BCUT2D eigenvalue weighted by molar-refractivity contribution is 5.89. The first-order valence-electron chi connectivity index (χ1n) is 8.46. The van der Waals surface area contributed by atoms with E-state index in [-0.39, 0.29) is 11.5 Å². The molecule has 0 saturated carbocycles. The molecular formula is C19H24N2O4. The fourth-order valence-electron chi connectivity index (χ4n) is 3.37. The zero-order chi connectivity index (χ0) is 18.2. The molecule has 1 aromatic carbocycles. The second kappa shape index (κ2) is 6.43. The van der Waals surface area contributed by atoms with Crippen LogP contribution >= 0.6 is 0 Å². The largest absolute Gasteiger partial charge is 0.473 e. The summed E-state index contributed by atoms with van der Waals surface area (Å²) in [5.74, 6) is 0.0417. The van der Waals surface area contributed by atoms with E-state index in [1.807, 2.05) is 18.2 Å². The average Bonchev–Trinajstić information content (AvgIpc) is 2.85. The van der Waals surface area contributed by atoms with Gasteiger partial charge in [0.15, 0.2) is 5.88 Å². The Bertz CT molecular complexity index is 822. The van der Waals surface area contributed by atoms with Gasteiger partial charge in [0.2, 0.25) is 5.91 Å². The molecule has 0 radical (unpaired) electrons. The van der Waals surface area contributed by atoms with Gasteiger partial charge in [-0.25, -0.2) is 4.79 Å². The van der Waals surface area contributed by atoms with Crippen molar-refractivity contribution in [2.75, 3.05) is 7.11 Å². The Balaban J connectivity index is 2.08. The Hall–Kier alpha value is -2.50. The van der Waals surface area contributed by atoms with E-state index in [2.05, 4.69) is 29.8 Å². The lowest BCUT2D eigenvalue weighted by atomic mass is 10.0. The number of fused-ring (bicyclic) bond motifs is 3. The molecule has 2 heterocycles. The highest BCUT2D eigenvalue weighted by Gasteiger charge is 2.33. The van der Waals surface area contributed by atoms with Crippen molar-refractivity contribution in [2.45, 2.75) is 51.8 Å². The number of aromatic nitrogens is 1. The normalized spacial score (nSPS) is 16.6. The van der Waals surface area contributed by atoms with Crippen molar-refractivity contribution in [3.8, 4) is 5.88 Å². The molecule has 0 bridgehead atoms. The minimum absolute atomic E-state index is 0.269. The highest BCUT2D eigenvalue weighted by Crippen LogP contribution is 2.39. The number of methoxy groups -OCH3 is 1. The third kappa shape index (κ3) is 3.34. The number of hydrogen-bond donors (Lipinski definition) is 1. The fraction of sp³-hybridized carbons (Fsp3) is 0.474. The standard InChI is InChI=1S/C19H24N2O4/c1-12(22)20-15(18(23)24-4)11-14-13-7-5-6-8-16(13)21-10-9-19(2,3)25-17(14)21/h5-8,15H,9-11H2,1-4H3,(H,20,22)/t15-/m0/s1. The first-order chi connectivity index (χ1) is 11.8. The lowest BCUT2D eigenvalue weighted by Gasteiger charge is -2.33. The Morgan fingerprint density at radius 2 is 2.08 bits per heavy atom. The number of carbonyl (C=O) groups is 2.